The molecule has 0 amide bonds. The lowest BCUT2D eigenvalue weighted by molar-refractivity contribution is -0.130. The summed E-state index contributed by atoms with van der Waals surface area (Å²) in [6.07, 6.45) is 0. The Morgan fingerprint density at radius 3 is 2.50 bits per heavy atom. The summed E-state index contributed by atoms with van der Waals surface area (Å²) >= 11 is 2.10. The second kappa shape index (κ2) is 5.20. The van der Waals surface area contributed by atoms with Crippen molar-refractivity contribution in [3.05, 3.63) is 27.3 Å². The number of aliphatic imine (C=N–C) groups is 1. The molecular weight excluding hydrogens is 321 g/mol. The summed E-state index contributed by atoms with van der Waals surface area (Å²) in [6.45, 7) is 3.00. The molecule has 0 radical (unpaired) electrons. The Morgan fingerprint density at radius 1 is 1.38 bits per heavy atom. The van der Waals surface area contributed by atoms with Crippen molar-refractivity contribution in [1.29, 1.82) is 0 Å². The van der Waals surface area contributed by atoms with Crippen LogP contribution in [0, 0.1) is 10.5 Å². The van der Waals surface area contributed by atoms with Crippen molar-refractivity contribution >= 4 is 45.7 Å². The number of carbonyl (C=O) groups is 2. The van der Waals surface area contributed by atoms with Crippen LogP contribution in [0.3, 0.4) is 0 Å². The van der Waals surface area contributed by atoms with Crippen LogP contribution < -0.4 is 0 Å². The Balaban J connectivity index is 3.28. The second-order valence-corrected chi connectivity index (χ2v) is 4.50. The molecule has 0 bridgehead atoms. The van der Waals surface area contributed by atoms with E-state index >= 15 is 0 Å². The number of carbonyl (C=O) groups excluding carboxylic acids is 1. The fourth-order valence-electron chi connectivity index (χ4n) is 1.10. The fourth-order valence-corrected chi connectivity index (χ4v) is 1.58. The average molecular weight is 331 g/mol. The van der Waals surface area contributed by atoms with Crippen LogP contribution in [0.25, 0.3) is 0 Å². The molecule has 1 aromatic carbocycles. The van der Waals surface area contributed by atoms with Crippen LogP contribution in [-0.4, -0.2) is 22.6 Å². The summed E-state index contributed by atoms with van der Waals surface area (Å²) in [5.41, 5.74) is 0.907. The van der Waals surface area contributed by atoms with Crippen molar-refractivity contribution < 1.29 is 14.7 Å². The number of halogens is 1. The highest BCUT2D eigenvalue weighted by molar-refractivity contribution is 14.1. The van der Waals surface area contributed by atoms with Gasteiger partial charge in [-0.15, -0.1) is 0 Å². The normalized spacial score (nSPS) is 11.3. The monoisotopic (exact) mass is 331 g/mol. The molecule has 0 aliphatic carbocycles. The molecule has 0 aliphatic rings. The Labute approximate surface area is 107 Å². The lowest BCUT2D eigenvalue weighted by Gasteiger charge is -2.02. The molecule has 0 fully saturated rings. The van der Waals surface area contributed by atoms with Gasteiger partial charge in [0.15, 0.2) is 11.5 Å². The van der Waals surface area contributed by atoms with Gasteiger partial charge in [-0.25, -0.2) is 9.79 Å². The molecule has 1 rings (SSSR count). The zero-order valence-corrected chi connectivity index (χ0v) is 11.0. The first-order valence-electron chi connectivity index (χ1n) is 4.51. The molecule has 0 aliphatic heterocycles. The van der Waals surface area contributed by atoms with E-state index in [1.54, 1.807) is 6.07 Å². The average Bonchev–Trinajstić information content (AvgIpc) is 2.18. The molecule has 0 saturated carbocycles. The molecule has 0 spiro atoms. The molecule has 4 nitrogen and oxygen atoms in total. The number of aliphatic carboxylic acids is 1. The van der Waals surface area contributed by atoms with Gasteiger partial charge in [-0.1, -0.05) is 6.07 Å². The third-order valence-corrected chi connectivity index (χ3v) is 2.61. The first kappa shape index (κ1) is 12.8. The Hall–Kier alpha value is -1.24. The molecule has 0 atom stereocenters. The van der Waals surface area contributed by atoms with Gasteiger partial charge in [-0.3, -0.25) is 4.79 Å². The van der Waals surface area contributed by atoms with Crippen LogP contribution in [-0.2, 0) is 9.59 Å². The van der Waals surface area contributed by atoms with Gasteiger partial charge >= 0.3 is 5.97 Å². The van der Waals surface area contributed by atoms with E-state index in [4.69, 9.17) is 5.11 Å². The van der Waals surface area contributed by atoms with E-state index in [1.807, 2.05) is 19.1 Å². The van der Waals surface area contributed by atoms with Crippen molar-refractivity contribution in [3.8, 4) is 0 Å². The maximum Gasteiger partial charge on any atom is 0.358 e. The van der Waals surface area contributed by atoms with Crippen molar-refractivity contribution in [2.24, 2.45) is 4.99 Å². The van der Waals surface area contributed by atoms with Crippen LogP contribution in [0.2, 0.25) is 0 Å². The number of benzene rings is 1. The summed E-state index contributed by atoms with van der Waals surface area (Å²) in [5, 5.41) is 8.81. The molecule has 1 N–H and O–H groups in total. The Bertz CT molecular complexity index is 464. The smallest absolute Gasteiger partial charge is 0.358 e. The predicted molar refractivity (Wildman–Crippen MR) is 69.3 cm³/mol. The SMILES string of the molecule is CC(=O)C(=Nc1cc(I)ccc1C)C(=O)O. The number of carboxylic acid groups (broad SMARTS) is 1. The van der Waals surface area contributed by atoms with Crippen molar-refractivity contribution in [2.75, 3.05) is 0 Å². The molecule has 0 saturated heterocycles. The van der Waals surface area contributed by atoms with Crippen molar-refractivity contribution in [3.63, 3.8) is 0 Å². The van der Waals surface area contributed by atoms with Crippen LogP contribution in [0.4, 0.5) is 5.69 Å². The van der Waals surface area contributed by atoms with Gasteiger partial charge in [0.2, 0.25) is 0 Å². The van der Waals surface area contributed by atoms with Gasteiger partial charge in [0, 0.05) is 10.5 Å². The third-order valence-electron chi connectivity index (χ3n) is 1.94. The molecule has 1 aromatic rings. The number of rotatable bonds is 3. The molecule has 0 heterocycles. The lowest BCUT2D eigenvalue weighted by atomic mass is 10.2. The molecule has 0 aromatic heterocycles. The van der Waals surface area contributed by atoms with Crippen LogP contribution in [0.1, 0.15) is 12.5 Å². The van der Waals surface area contributed by atoms with Gasteiger partial charge < -0.3 is 5.11 Å². The molecule has 84 valence electrons. The summed E-state index contributed by atoms with van der Waals surface area (Å²) in [7, 11) is 0. The minimum absolute atomic E-state index is 0.440. The minimum atomic E-state index is -1.30. The lowest BCUT2D eigenvalue weighted by Crippen LogP contribution is -2.20. The number of hydrogen-bond acceptors (Lipinski definition) is 3. The van der Waals surface area contributed by atoms with Crippen molar-refractivity contribution in [1.82, 2.24) is 0 Å². The number of Topliss-reactive ketones (excluding diaryl/α,β-unsaturated/α-hetero) is 1. The molecule has 0 unspecified atom stereocenters. The van der Waals surface area contributed by atoms with Crippen LogP contribution >= 0.6 is 22.6 Å². The topological polar surface area (TPSA) is 66.7 Å². The zero-order valence-electron chi connectivity index (χ0n) is 8.82. The van der Waals surface area contributed by atoms with E-state index in [0.717, 1.165) is 9.13 Å². The zero-order chi connectivity index (χ0) is 12.3. The van der Waals surface area contributed by atoms with Gasteiger partial charge in [-0.05, 0) is 47.2 Å². The van der Waals surface area contributed by atoms with Gasteiger partial charge in [0.25, 0.3) is 0 Å². The predicted octanol–water partition coefficient (Wildman–Crippen LogP) is 2.35. The molecule has 16 heavy (non-hydrogen) atoms. The number of nitrogens with zero attached hydrogens (tertiary/aromatic N) is 1. The van der Waals surface area contributed by atoms with Crippen LogP contribution in [0.15, 0.2) is 23.2 Å². The Kier molecular flexibility index (Phi) is 4.17. The number of ketones is 1. The van der Waals surface area contributed by atoms with E-state index < -0.39 is 17.5 Å². The standard InChI is InChI=1S/C11H10INO3/c1-6-3-4-8(12)5-9(6)13-10(7(2)14)11(15)16/h3-5H,1-2H3,(H,15,16). The largest absolute Gasteiger partial charge is 0.476 e. The molecule has 5 heteroatoms. The summed E-state index contributed by atoms with van der Waals surface area (Å²) in [4.78, 5) is 25.7. The summed E-state index contributed by atoms with van der Waals surface area (Å²) < 4.78 is 0.940. The number of carboxylic acids is 1. The highest BCUT2D eigenvalue weighted by Gasteiger charge is 2.15. The first-order valence-corrected chi connectivity index (χ1v) is 5.58. The van der Waals surface area contributed by atoms with E-state index in [0.29, 0.717) is 5.69 Å². The summed E-state index contributed by atoms with van der Waals surface area (Å²) in [6, 6.07) is 5.46. The van der Waals surface area contributed by atoms with Gasteiger partial charge in [0.1, 0.15) is 0 Å². The van der Waals surface area contributed by atoms with E-state index in [2.05, 4.69) is 27.6 Å². The molecular formula is C11H10INO3. The third kappa shape index (κ3) is 3.13. The highest BCUT2D eigenvalue weighted by Crippen LogP contribution is 2.21. The van der Waals surface area contributed by atoms with E-state index in [-0.39, 0.29) is 0 Å². The van der Waals surface area contributed by atoms with Gasteiger partial charge in [0.05, 0.1) is 5.69 Å². The first-order chi connectivity index (χ1) is 7.41. The van der Waals surface area contributed by atoms with E-state index in [9.17, 15) is 9.59 Å². The van der Waals surface area contributed by atoms with E-state index in [1.165, 1.54) is 6.92 Å². The number of aryl methyl sites for hydroxylation is 1. The Morgan fingerprint density at radius 2 is 2.00 bits per heavy atom. The fraction of sp³-hybridized carbons (Fsp3) is 0.182. The van der Waals surface area contributed by atoms with Gasteiger partial charge in [-0.2, -0.15) is 0 Å². The maximum absolute atomic E-state index is 11.1. The van der Waals surface area contributed by atoms with Crippen LogP contribution in [0.5, 0.6) is 0 Å². The highest BCUT2D eigenvalue weighted by atomic mass is 127. The number of hydrogen-bond donors (Lipinski definition) is 1. The maximum atomic E-state index is 11.1. The quantitative estimate of drug-likeness (QED) is 0.525. The minimum Gasteiger partial charge on any atom is -0.476 e. The van der Waals surface area contributed by atoms with Crippen molar-refractivity contribution in [2.45, 2.75) is 13.8 Å². The summed E-state index contributed by atoms with van der Waals surface area (Å²) in [5.74, 6) is -1.85. The second-order valence-electron chi connectivity index (χ2n) is 3.25.